The van der Waals surface area contributed by atoms with Crippen LogP contribution in [0.5, 0.6) is 5.75 Å². The van der Waals surface area contributed by atoms with Gasteiger partial charge in [-0.3, -0.25) is 9.59 Å². The minimum atomic E-state index is -0.369. The molecule has 1 saturated heterocycles. The van der Waals surface area contributed by atoms with Gasteiger partial charge in [0, 0.05) is 6.54 Å². The summed E-state index contributed by atoms with van der Waals surface area (Å²) in [6.45, 7) is 0.902. The average Bonchev–Trinajstić information content (AvgIpc) is 3.06. The highest BCUT2D eigenvalue weighted by atomic mass is 16.5. The number of carbonyl (C=O) groups is 2. The number of ether oxygens (including phenoxy) is 2. The molecule has 0 spiro atoms. The van der Waals surface area contributed by atoms with Crippen LogP contribution in [0.4, 0.5) is 0 Å². The third-order valence-corrected chi connectivity index (χ3v) is 4.76. The van der Waals surface area contributed by atoms with Gasteiger partial charge in [0.05, 0.1) is 25.5 Å². The summed E-state index contributed by atoms with van der Waals surface area (Å²) in [6, 6.07) is 15.9. The van der Waals surface area contributed by atoms with Gasteiger partial charge in [-0.05, 0) is 35.2 Å². The van der Waals surface area contributed by atoms with E-state index in [-0.39, 0.29) is 30.3 Å². The highest BCUT2D eigenvalue weighted by Gasteiger charge is 2.34. The number of carbonyl (C=O) groups excluding carboxylic acids is 2. The predicted molar refractivity (Wildman–Crippen MR) is 102 cm³/mol. The molecule has 1 fully saturated rings. The van der Waals surface area contributed by atoms with Gasteiger partial charge in [0.25, 0.3) is 0 Å². The smallest absolute Gasteiger partial charge is 0.306 e. The Labute approximate surface area is 158 Å². The van der Waals surface area contributed by atoms with Gasteiger partial charge < -0.3 is 20.5 Å². The van der Waals surface area contributed by atoms with Gasteiger partial charge in [-0.2, -0.15) is 0 Å². The molecule has 1 heterocycles. The number of rotatable bonds is 7. The SMILES string of the molecule is COC(=O)C[C@@H]1C[C@@H](COc2ccc(-c3ccc(CN)cc3)cc2)NC1=O. The molecule has 3 rings (SSSR count). The van der Waals surface area contributed by atoms with Crippen molar-refractivity contribution in [2.24, 2.45) is 11.7 Å². The van der Waals surface area contributed by atoms with Crippen LogP contribution in [0.2, 0.25) is 0 Å². The van der Waals surface area contributed by atoms with E-state index in [1.807, 2.05) is 48.5 Å². The van der Waals surface area contributed by atoms with Gasteiger partial charge in [-0.25, -0.2) is 0 Å². The normalized spacial score (nSPS) is 18.8. The second-order valence-electron chi connectivity index (χ2n) is 6.65. The topological polar surface area (TPSA) is 90.7 Å². The fourth-order valence-electron chi connectivity index (χ4n) is 3.17. The van der Waals surface area contributed by atoms with Gasteiger partial charge in [-0.15, -0.1) is 0 Å². The highest BCUT2D eigenvalue weighted by Crippen LogP contribution is 2.24. The monoisotopic (exact) mass is 368 g/mol. The molecule has 27 heavy (non-hydrogen) atoms. The molecule has 1 aliphatic heterocycles. The number of nitrogens with two attached hydrogens (primary N) is 1. The molecule has 0 radical (unpaired) electrons. The molecule has 1 amide bonds. The van der Waals surface area contributed by atoms with Crippen molar-refractivity contribution in [3.05, 3.63) is 54.1 Å². The van der Waals surface area contributed by atoms with Crippen LogP contribution in [0.25, 0.3) is 11.1 Å². The maximum absolute atomic E-state index is 11.9. The first kappa shape index (κ1) is 18.9. The fourth-order valence-corrected chi connectivity index (χ4v) is 3.17. The molecule has 142 valence electrons. The van der Waals surface area contributed by atoms with Crippen molar-refractivity contribution in [2.75, 3.05) is 13.7 Å². The summed E-state index contributed by atoms with van der Waals surface area (Å²) in [5, 5.41) is 2.87. The summed E-state index contributed by atoms with van der Waals surface area (Å²) in [5.41, 5.74) is 8.94. The fraction of sp³-hybridized carbons (Fsp3) is 0.333. The lowest BCUT2D eigenvalue weighted by Crippen LogP contribution is -2.31. The lowest BCUT2D eigenvalue weighted by Gasteiger charge is -2.12. The molecule has 0 unspecified atom stereocenters. The van der Waals surface area contributed by atoms with Gasteiger partial charge in [0.2, 0.25) is 5.91 Å². The average molecular weight is 368 g/mol. The second-order valence-corrected chi connectivity index (χ2v) is 6.65. The lowest BCUT2D eigenvalue weighted by molar-refractivity contribution is -0.143. The first-order chi connectivity index (χ1) is 13.1. The summed E-state index contributed by atoms with van der Waals surface area (Å²) < 4.78 is 10.4. The maximum Gasteiger partial charge on any atom is 0.306 e. The Hall–Kier alpha value is -2.86. The summed E-state index contributed by atoms with van der Waals surface area (Å²) in [6.07, 6.45) is 0.677. The molecule has 0 bridgehead atoms. The van der Waals surface area contributed by atoms with Gasteiger partial charge >= 0.3 is 5.97 Å². The van der Waals surface area contributed by atoms with Crippen LogP contribution in [0.15, 0.2) is 48.5 Å². The minimum absolute atomic E-state index is 0.101. The summed E-state index contributed by atoms with van der Waals surface area (Å²) in [5.74, 6) is -0.0926. The molecular formula is C21H24N2O4. The Balaban J connectivity index is 1.53. The zero-order chi connectivity index (χ0) is 19.2. The molecule has 6 heteroatoms. The molecule has 0 saturated carbocycles. The third kappa shape index (κ3) is 4.86. The van der Waals surface area contributed by atoms with E-state index in [4.69, 9.17) is 10.5 Å². The zero-order valence-corrected chi connectivity index (χ0v) is 15.3. The van der Waals surface area contributed by atoms with Gasteiger partial charge in [0.1, 0.15) is 12.4 Å². The van der Waals surface area contributed by atoms with Gasteiger partial charge in [-0.1, -0.05) is 36.4 Å². The molecule has 2 atom stereocenters. The van der Waals surface area contributed by atoms with Crippen molar-refractivity contribution in [2.45, 2.75) is 25.4 Å². The van der Waals surface area contributed by atoms with E-state index in [0.717, 1.165) is 22.4 Å². The Morgan fingerprint density at radius 3 is 2.33 bits per heavy atom. The first-order valence-electron chi connectivity index (χ1n) is 8.98. The van der Waals surface area contributed by atoms with Crippen LogP contribution in [-0.4, -0.2) is 31.6 Å². The molecule has 3 N–H and O–H groups in total. The van der Waals surface area contributed by atoms with Crippen LogP contribution in [-0.2, 0) is 20.9 Å². The van der Waals surface area contributed by atoms with Crippen LogP contribution in [0.3, 0.4) is 0 Å². The number of hydrogen-bond acceptors (Lipinski definition) is 5. The lowest BCUT2D eigenvalue weighted by atomic mass is 10.0. The number of hydrogen-bond donors (Lipinski definition) is 2. The highest BCUT2D eigenvalue weighted by molar-refractivity contribution is 5.85. The Morgan fingerprint density at radius 1 is 1.11 bits per heavy atom. The van der Waals surface area contributed by atoms with Crippen molar-refractivity contribution in [1.29, 1.82) is 0 Å². The Bertz CT molecular complexity index is 787. The van der Waals surface area contributed by atoms with Crippen molar-refractivity contribution in [3.8, 4) is 16.9 Å². The Kier molecular flexibility index (Phi) is 6.08. The number of benzene rings is 2. The van der Waals surface area contributed by atoms with Crippen molar-refractivity contribution in [3.63, 3.8) is 0 Å². The van der Waals surface area contributed by atoms with E-state index in [9.17, 15) is 9.59 Å². The quantitative estimate of drug-likeness (QED) is 0.732. The van der Waals surface area contributed by atoms with Crippen LogP contribution >= 0.6 is 0 Å². The van der Waals surface area contributed by atoms with Crippen molar-refractivity contribution in [1.82, 2.24) is 5.32 Å². The summed E-state index contributed by atoms with van der Waals surface area (Å²) in [4.78, 5) is 23.3. The molecule has 2 aromatic rings. The predicted octanol–water partition coefficient (Wildman–Crippen LogP) is 2.26. The van der Waals surface area contributed by atoms with E-state index < -0.39 is 0 Å². The van der Waals surface area contributed by atoms with E-state index in [1.165, 1.54) is 7.11 Å². The molecule has 2 aromatic carbocycles. The molecule has 0 aliphatic carbocycles. The van der Waals surface area contributed by atoms with Crippen LogP contribution in [0.1, 0.15) is 18.4 Å². The summed E-state index contributed by atoms with van der Waals surface area (Å²) >= 11 is 0. The molecular weight excluding hydrogens is 344 g/mol. The van der Waals surface area contributed by atoms with Crippen molar-refractivity contribution < 1.29 is 19.1 Å². The van der Waals surface area contributed by atoms with E-state index in [2.05, 4.69) is 10.1 Å². The number of methoxy groups -OCH3 is 1. The zero-order valence-electron chi connectivity index (χ0n) is 15.3. The first-order valence-corrected chi connectivity index (χ1v) is 8.98. The standard InChI is InChI=1S/C21H24N2O4/c1-26-20(24)11-17-10-18(23-21(17)25)13-27-19-8-6-16(7-9-19)15-4-2-14(12-22)3-5-15/h2-9,17-18H,10-13,22H2,1H3,(H,23,25)/t17-,18-/m0/s1. The maximum atomic E-state index is 11.9. The largest absolute Gasteiger partial charge is 0.491 e. The summed E-state index contributed by atoms with van der Waals surface area (Å²) in [7, 11) is 1.33. The minimum Gasteiger partial charge on any atom is -0.491 e. The van der Waals surface area contributed by atoms with Crippen LogP contribution in [0, 0.1) is 5.92 Å². The second kappa shape index (κ2) is 8.68. The van der Waals surface area contributed by atoms with E-state index >= 15 is 0 Å². The van der Waals surface area contributed by atoms with E-state index in [1.54, 1.807) is 0 Å². The molecule has 0 aromatic heterocycles. The van der Waals surface area contributed by atoms with Crippen molar-refractivity contribution >= 4 is 11.9 Å². The molecule has 6 nitrogen and oxygen atoms in total. The van der Waals surface area contributed by atoms with E-state index in [0.29, 0.717) is 19.6 Å². The molecule has 1 aliphatic rings. The van der Waals surface area contributed by atoms with Gasteiger partial charge in [0.15, 0.2) is 0 Å². The number of esters is 1. The number of nitrogens with one attached hydrogen (secondary N) is 1. The van der Waals surface area contributed by atoms with Crippen LogP contribution < -0.4 is 15.8 Å². The third-order valence-electron chi connectivity index (χ3n) is 4.76. The number of amides is 1. The Morgan fingerprint density at radius 2 is 1.74 bits per heavy atom.